The van der Waals surface area contributed by atoms with Crippen LogP contribution < -0.4 is 18.9 Å². The minimum atomic E-state index is 0.0752. The number of hydrogen-bond donors (Lipinski definition) is 2. The minimum absolute atomic E-state index is 0.0752. The topological polar surface area (TPSA) is 77.4 Å². The van der Waals surface area contributed by atoms with Crippen molar-refractivity contribution in [1.29, 1.82) is 0 Å². The molecule has 26 heavy (non-hydrogen) atoms. The van der Waals surface area contributed by atoms with E-state index in [1.807, 2.05) is 27.7 Å². The molecule has 0 atom stereocenters. The van der Waals surface area contributed by atoms with Crippen LogP contribution in [0.4, 0.5) is 0 Å². The Hall–Kier alpha value is -2.76. The van der Waals surface area contributed by atoms with Gasteiger partial charge >= 0.3 is 0 Å². The number of phenolic OH excluding ortho intramolecular Hbond substituents is 2. The summed E-state index contributed by atoms with van der Waals surface area (Å²) in [5.74, 6) is 2.02. The highest BCUT2D eigenvalue weighted by atomic mass is 16.5. The first-order valence-electron chi connectivity index (χ1n) is 8.73. The van der Waals surface area contributed by atoms with E-state index < -0.39 is 0 Å². The van der Waals surface area contributed by atoms with E-state index in [-0.39, 0.29) is 11.5 Å². The molecule has 0 saturated carbocycles. The Bertz CT molecular complexity index is 551. The fourth-order valence-corrected chi connectivity index (χ4v) is 2.09. The van der Waals surface area contributed by atoms with Gasteiger partial charge in [0.15, 0.2) is 23.0 Å². The zero-order valence-corrected chi connectivity index (χ0v) is 15.8. The van der Waals surface area contributed by atoms with Crippen molar-refractivity contribution in [3.05, 3.63) is 36.4 Å². The molecule has 0 aromatic heterocycles. The Morgan fingerprint density at radius 2 is 0.769 bits per heavy atom. The Morgan fingerprint density at radius 3 is 0.962 bits per heavy atom. The average Bonchev–Trinajstić information content (AvgIpc) is 2.63. The maximum Gasteiger partial charge on any atom is 0.200 e. The number of phenols is 2. The van der Waals surface area contributed by atoms with Gasteiger partial charge in [-0.3, -0.25) is 0 Å². The van der Waals surface area contributed by atoms with E-state index in [9.17, 15) is 10.2 Å². The third kappa shape index (κ3) is 6.27. The molecule has 2 rings (SSSR count). The van der Waals surface area contributed by atoms with Gasteiger partial charge in [-0.2, -0.15) is 0 Å². The Kier molecular flexibility index (Phi) is 9.61. The molecule has 0 unspecified atom stereocenters. The summed E-state index contributed by atoms with van der Waals surface area (Å²) < 4.78 is 20.8. The van der Waals surface area contributed by atoms with Crippen LogP contribution in [0.15, 0.2) is 36.4 Å². The molecule has 0 saturated heterocycles. The van der Waals surface area contributed by atoms with Crippen molar-refractivity contribution in [3.63, 3.8) is 0 Å². The van der Waals surface area contributed by atoms with Gasteiger partial charge < -0.3 is 29.2 Å². The largest absolute Gasteiger partial charge is 0.502 e. The molecule has 0 aliphatic rings. The number of para-hydroxylation sites is 2. The van der Waals surface area contributed by atoms with Crippen molar-refractivity contribution < 1.29 is 29.2 Å². The van der Waals surface area contributed by atoms with Crippen LogP contribution in [-0.2, 0) is 0 Å². The lowest BCUT2D eigenvalue weighted by molar-refractivity contribution is 0.289. The Balaban J connectivity index is 0.000000260. The molecule has 0 heterocycles. The van der Waals surface area contributed by atoms with E-state index in [1.165, 1.54) is 0 Å². The molecule has 2 aromatic rings. The van der Waals surface area contributed by atoms with Crippen molar-refractivity contribution in [3.8, 4) is 34.5 Å². The molecule has 2 aromatic carbocycles. The second-order valence-corrected chi connectivity index (χ2v) is 4.94. The van der Waals surface area contributed by atoms with Gasteiger partial charge in [0.1, 0.15) is 0 Å². The van der Waals surface area contributed by atoms with Gasteiger partial charge in [0.05, 0.1) is 26.4 Å². The van der Waals surface area contributed by atoms with E-state index in [1.54, 1.807) is 36.4 Å². The van der Waals surface area contributed by atoms with Crippen molar-refractivity contribution in [2.45, 2.75) is 27.7 Å². The molecule has 0 aliphatic heterocycles. The van der Waals surface area contributed by atoms with Crippen LogP contribution in [0.1, 0.15) is 27.7 Å². The Morgan fingerprint density at radius 1 is 0.538 bits per heavy atom. The third-order valence-electron chi connectivity index (χ3n) is 3.12. The molecular weight excluding hydrogens is 336 g/mol. The fourth-order valence-electron chi connectivity index (χ4n) is 2.09. The number of hydrogen-bond acceptors (Lipinski definition) is 6. The standard InChI is InChI=1S/2C10H14O3/c2*1-3-12-8-6-5-7-9(10(8)11)13-4-2/h2*5-7,11H,3-4H2,1-2H3. The fraction of sp³-hybridized carbons (Fsp3) is 0.400. The monoisotopic (exact) mass is 364 g/mol. The lowest BCUT2D eigenvalue weighted by Gasteiger charge is -2.09. The van der Waals surface area contributed by atoms with Gasteiger partial charge in [0, 0.05) is 0 Å². The zero-order chi connectivity index (χ0) is 19.4. The van der Waals surface area contributed by atoms with Gasteiger partial charge in [-0.15, -0.1) is 0 Å². The summed E-state index contributed by atoms with van der Waals surface area (Å²) in [5, 5.41) is 19.2. The summed E-state index contributed by atoms with van der Waals surface area (Å²) in [6.45, 7) is 9.59. The molecular formula is C20H28O6. The lowest BCUT2D eigenvalue weighted by atomic mass is 10.3. The summed E-state index contributed by atoms with van der Waals surface area (Å²) in [5.41, 5.74) is 0. The number of benzene rings is 2. The van der Waals surface area contributed by atoms with E-state index in [0.717, 1.165) is 0 Å². The van der Waals surface area contributed by atoms with Crippen molar-refractivity contribution >= 4 is 0 Å². The average molecular weight is 364 g/mol. The molecule has 0 aliphatic carbocycles. The highest BCUT2D eigenvalue weighted by Crippen LogP contribution is 2.36. The minimum Gasteiger partial charge on any atom is -0.502 e. The van der Waals surface area contributed by atoms with Gasteiger partial charge in [0.25, 0.3) is 0 Å². The molecule has 6 nitrogen and oxygen atoms in total. The molecule has 0 amide bonds. The second kappa shape index (κ2) is 11.7. The molecule has 6 heteroatoms. The maximum absolute atomic E-state index is 9.60. The predicted molar refractivity (Wildman–Crippen MR) is 101 cm³/mol. The van der Waals surface area contributed by atoms with Crippen LogP contribution in [0.2, 0.25) is 0 Å². The highest BCUT2D eigenvalue weighted by Gasteiger charge is 2.08. The van der Waals surface area contributed by atoms with Crippen LogP contribution in [-0.4, -0.2) is 36.6 Å². The predicted octanol–water partition coefficient (Wildman–Crippen LogP) is 4.38. The first-order valence-corrected chi connectivity index (χ1v) is 8.73. The van der Waals surface area contributed by atoms with E-state index in [0.29, 0.717) is 49.4 Å². The van der Waals surface area contributed by atoms with Crippen LogP contribution >= 0.6 is 0 Å². The van der Waals surface area contributed by atoms with Gasteiger partial charge in [-0.05, 0) is 52.0 Å². The summed E-state index contributed by atoms with van der Waals surface area (Å²) >= 11 is 0. The second-order valence-electron chi connectivity index (χ2n) is 4.94. The quantitative estimate of drug-likeness (QED) is 0.724. The lowest BCUT2D eigenvalue weighted by Crippen LogP contribution is -1.95. The number of rotatable bonds is 8. The Labute approximate surface area is 154 Å². The normalized spacial score (nSPS) is 9.69. The van der Waals surface area contributed by atoms with Crippen molar-refractivity contribution in [2.75, 3.05) is 26.4 Å². The van der Waals surface area contributed by atoms with Crippen LogP contribution in [0.3, 0.4) is 0 Å². The van der Waals surface area contributed by atoms with Crippen molar-refractivity contribution in [2.24, 2.45) is 0 Å². The maximum atomic E-state index is 9.60. The van der Waals surface area contributed by atoms with E-state index >= 15 is 0 Å². The molecule has 0 spiro atoms. The van der Waals surface area contributed by atoms with Crippen LogP contribution in [0.25, 0.3) is 0 Å². The summed E-state index contributed by atoms with van der Waals surface area (Å²) in [7, 11) is 0. The molecule has 2 N–H and O–H groups in total. The smallest absolute Gasteiger partial charge is 0.200 e. The zero-order valence-electron chi connectivity index (χ0n) is 15.8. The summed E-state index contributed by atoms with van der Waals surface area (Å²) in [6.07, 6.45) is 0. The molecule has 144 valence electrons. The highest BCUT2D eigenvalue weighted by molar-refractivity contribution is 5.50. The number of ether oxygens (including phenoxy) is 4. The van der Waals surface area contributed by atoms with Gasteiger partial charge in [-0.1, -0.05) is 12.1 Å². The van der Waals surface area contributed by atoms with Crippen molar-refractivity contribution in [1.82, 2.24) is 0 Å². The van der Waals surface area contributed by atoms with Gasteiger partial charge in [0.2, 0.25) is 11.5 Å². The van der Waals surface area contributed by atoms with Crippen LogP contribution in [0.5, 0.6) is 34.5 Å². The first kappa shape index (κ1) is 21.3. The van der Waals surface area contributed by atoms with Gasteiger partial charge in [-0.25, -0.2) is 0 Å². The summed E-state index contributed by atoms with van der Waals surface area (Å²) in [6, 6.07) is 10.4. The van der Waals surface area contributed by atoms with E-state index in [2.05, 4.69) is 0 Å². The van der Waals surface area contributed by atoms with Crippen LogP contribution in [0, 0.1) is 0 Å². The summed E-state index contributed by atoms with van der Waals surface area (Å²) in [4.78, 5) is 0. The van der Waals surface area contributed by atoms with E-state index in [4.69, 9.17) is 18.9 Å². The third-order valence-corrected chi connectivity index (χ3v) is 3.12. The molecule has 0 bridgehead atoms. The number of aromatic hydroxyl groups is 2. The molecule has 0 radical (unpaired) electrons. The SMILES string of the molecule is CCOc1cccc(OCC)c1O.CCOc1cccc(OCC)c1O. The first-order chi connectivity index (χ1) is 12.6. The molecule has 0 fully saturated rings.